The van der Waals surface area contributed by atoms with Crippen LogP contribution in [-0.4, -0.2) is 62.9 Å². The van der Waals surface area contributed by atoms with E-state index in [4.69, 9.17) is 4.74 Å². The van der Waals surface area contributed by atoms with Crippen molar-refractivity contribution >= 4 is 65.6 Å². The number of anilines is 3. The number of hydrogen-bond donors (Lipinski definition) is 5. The first-order valence-electron chi connectivity index (χ1n) is 17.1. The summed E-state index contributed by atoms with van der Waals surface area (Å²) in [6.07, 6.45) is 0. The highest BCUT2D eigenvalue weighted by atomic mass is 32.2. The molecular weight excluding hydrogens is 771 g/mol. The van der Waals surface area contributed by atoms with Gasteiger partial charge in [-0.1, -0.05) is 58.5 Å². The first-order valence-corrected chi connectivity index (χ1v) is 21.4. The highest BCUT2D eigenvalue weighted by molar-refractivity contribution is 7.86. The molecule has 5 N–H and O–H groups in total. The molecule has 1 aliphatic rings. The molecule has 0 saturated heterocycles. The van der Waals surface area contributed by atoms with Gasteiger partial charge in [-0.2, -0.15) is 25.3 Å². The van der Waals surface area contributed by atoms with Crippen molar-refractivity contribution in [2.45, 2.75) is 63.2 Å². The Kier molecular flexibility index (Phi) is 11.3. The van der Waals surface area contributed by atoms with Gasteiger partial charge in [0.2, 0.25) is 0 Å². The van der Waals surface area contributed by atoms with Crippen molar-refractivity contribution in [2.24, 2.45) is 11.8 Å². The van der Waals surface area contributed by atoms with Gasteiger partial charge < -0.3 is 20.3 Å². The van der Waals surface area contributed by atoms with Crippen LogP contribution < -0.4 is 25.8 Å². The van der Waals surface area contributed by atoms with Gasteiger partial charge in [0.1, 0.15) is 26.2 Å². The number of ether oxygens (including phenoxy) is 1. The first kappa shape index (κ1) is 41.4. The molecule has 0 atom stereocenters. The normalized spacial score (nSPS) is 13.0. The van der Waals surface area contributed by atoms with Crippen molar-refractivity contribution in [3.8, 4) is 11.5 Å². The molecule has 0 radical (unpaired) electrons. The minimum absolute atomic E-state index is 0.0457. The van der Waals surface area contributed by atoms with Gasteiger partial charge in [-0.05, 0) is 78.8 Å². The van der Waals surface area contributed by atoms with Crippen LogP contribution in [0, 0.1) is 32.6 Å². The van der Waals surface area contributed by atoms with E-state index in [2.05, 4.69) is 17.2 Å². The third-order valence-electron chi connectivity index (χ3n) is 8.91. The standard InChI is InChI=1S/C38H43N3O11S3/c1-20(2)18-41(19-21(3)4)38(42)40-37-24(7)13-23(6)36(25(37)8)39-29-17-31-28(16-34(29)55(49,50)51)35(26-11-9-10-12-32(26)53(43,44)45)27-15-33(54(46,47)48)22(5)14-30(27)52-31/h9-17,20-21,39H,5,18-19H2,1-4,6-8H3,(H,40,42)(H,43,44,45)(H,46,47,48)(H,49,50,51). The Hall–Kier alpha value is -4.78. The molecule has 0 aromatic heterocycles. The van der Waals surface area contributed by atoms with Crippen LogP contribution in [0.4, 0.5) is 21.9 Å². The van der Waals surface area contributed by atoms with Gasteiger partial charge in [-0.3, -0.25) is 13.7 Å². The SMILES string of the molecule is C=c1cc2c(cc1S(=O)(=O)O)=C(c1ccccc1S(=O)(=O)O)c1cc(S(=O)(=O)O)c(Nc3c(C)cc(C)c(NC(=O)N(CC(C)C)CC(C)C)c3C)cc1O2. The smallest absolute Gasteiger partial charge is 0.321 e. The Labute approximate surface area is 320 Å². The second-order valence-electron chi connectivity index (χ2n) is 14.3. The second kappa shape index (κ2) is 15.0. The lowest BCUT2D eigenvalue weighted by molar-refractivity contribution is 0.196. The van der Waals surface area contributed by atoms with E-state index in [0.29, 0.717) is 35.6 Å². The number of nitrogens with zero attached hydrogens (tertiary/aromatic N) is 1. The number of amides is 2. The fraction of sp³-hybridized carbons (Fsp3) is 0.289. The number of carbonyl (C=O) groups excluding carboxylic acids is 1. The molecule has 294 valence electrons. The van der Waals surface area contributed by atoms with E-state index in [-0.39, 0.29) is 62.2 Å². The summed E-state index contributed by atoms with van der Waals surface area (Å²) in [5.41, 5.74) is 2.30. The highest BCUT2D eigenvalue weighted by Gasteiger charge is 2.31. The van der Waals surface area contributed by atoms with Crippen LogP contribution >= 0.6 is 0 Å². The van der Waals surface area contributed by atoms with Crippen molar-refractivity contribution in [3.63, 3.8) is 0 Å². The molecule has 0 saturated carbocycles. The highest BCUT2D eigenvalue weighted by Crippen LogP contribution is 2.44. The van der Waals surface area contributed by atoms with Gasteiger partial charge in [0.15, 0.2) is 0 Å². The number of nitrogens with one attached hydrogen (secondary N) is 2. The zero-order valence-corrected chi connectivity index (χ0v) is 33.7. The average Bonchev–Trinajstić information content (AvgIpc) is 3.04. The monoisotopic (exact) mass is 813 g/mol. The van der Waals surface area contributed by atoms with E-state index in [9.17, 15) is 43.7 Å². The Morgan fingerprint density at radius 1 is 0.727 bits per heavy atom. The molecule has 0 spiro atoms. The van der Waals surface area contributed by atoms with E-state index in [0.717, 1.165) is 23.8 Å². The average molecular weight is 814 g/mol. The lowest BCUT2D eigenvalue weighted by atomic mass is 9.92. The molecule has 5 rings (SSSR count). The van der Waals surface area contributed by atoms with Crippen molar-refractivity contribution in [1.29, 1.82) is 0 Å². The lowest BCUT2D eigenvalue weighted by Crippen LogP contribution is -2.40. The molecule has 1 heterocycles. The molecule has 0 fully saturated rings. The molecular formula is C38H43N3O11S3. The van der Waals surface area contributed by atoms with Gasteiger partial charge in [0, 0.05) is 46.8 Å². The fourth-order valence-corrected chi connectivity index (χ4v) is 8.75. The topological polar surface area (TPSA) is 217 Å². The predicted octanol–water partition coefficient (Wildman–Crippen LogP) is 6.00. The van der Waals surface area contributed by atoms with Crippen LogP contribution in [0.2, 0.25) is 0 Å². The van der Waals surface area contributed by atoms with Gasteiger partial charge in [0.05, 0.1) is 11.4 Å². The number of benzene rings is 4. The zero-order valence-electron chi connectivity index (χ0n) is 31.3. The zero-order chi connectivity index (χ0) is 40.9. The predicted molar refractivity (Wildman–Crippen MR) is 209 cm³/mol. The molecule has 14 nitrogen and oxygen atoms in total. The number of carbonyl (C=O) groups is 1. The van der Waals surface area contributed by atoms with Gasteiger partial charge in [-0.25, -0.2) is 4.79 Å². The van der Waals surface area contributed by atoms with Crippen LogP contribution in [0.25, 0.3) is 12.2 Å². The van der Waals surface area contributed by atoms with E-state index < -0.39 is 45.0 Å². The lowest BCUT2D eigenvalue weighted by Gasteiger charge is -2.28. The van der Waals surface area contributed by atoms with Gasteiger partial charge >= 0.3 is 6.03 Å². The number of rotatable bonds is 11. The largest absolute Gasteiger partial charge is 0.456 e. The molecule has 0 aliphatic carbocycles. The molecule has 0 bridgehead atoms. The Morgan fingerprint density at radius 2 is 1.29 bits per heavy atom. The second-order valence-corrected chi connectivity index (χ2v) is 18.5. The summed E-state index contributed by atoms with van der Waals surface area (Å²) in [6.45, 7) is 18.2. The summed E-state index contributed by atoms with van der Waals surface area (Å²) in [7, 11) is -14.9. The van der Waals surface area contributed by atoms with E-state index in [1.54, 1.807) is 24.8 Å². The van der Waals surface area contributed by atoms with Crippen LogP contribution in [0.1, 0.15) is 55.5 Å². The Balaban J connectivity index is 1.76. The van der Waals surface area contributed by atoms with E-state index >= 15 is 0 Å². The molecule has 4 aromatic rings. The van der Waals surface area contributed by atoms with Crippen LogP contribution in [0.15, 0.2) is 69.3 Å². The summed E-state index contributed by atoms with van der Waals surface area (Å²) in [4.78, 5) is 13.4. The Bertz CT molecular complexity index is 2680. The van der Waals surface area contributed by atoms with Gasteiger partial charge in [0.25, 0.3) is 30.4 Å². The summed E-state index contributed by atoms with van der Waals surface area (Å²) in [6, 6.07) is 11.1. The van der Waals surface area contributed by atoms with Crippen LogP contribution in [0.3, 0.4) is 0 Å². The van der Waals surface area contributed by atoms with Crippen LogP contribution in [-0.2, 0) is 30.4 Å². The number of hydrogen-bond acceptors (Lipinski definition) is 9. The van der Waals surface area contributed by atoms with E-state index in [1.165, 1.54) is 30.3 Å². The van der Waals surface area contributed by atoms with Crippen molar-refractivity contribution in [3.05, 3.63) is 92.9 Å². The van der Waals surface area contributed by atoms with Crippen molar-refractivity contribution in [1.82, 2.24) is 4.90 Å². The minimum atomic E-state index is -5.07. The molecule has 0 unspecified atom stereocenters. The molecule has 2 amide bonds. The number of aryl methyl sites for hydroxylation is 2. The Morgan fingerprint density at radius 3 is 1.85 bits per heavy atom. The minimum Gasteiger partial charge on any atom is -0.456 e. The maximum Gasteiger partial charge on any atom is 0.321 e. The van der Waals surface area contributed by atoms with Crippen molar-refractivity contribution < 1.29 is 48.4 Å². The maximum atomic E-state index is 13.6. The molecule has 1 aliphatic heterocycles. The first-order chi connectivity index (χ1) is 25.4. The molecule has 17 heteroatoms. The van der Waals surface area contributed by atoms with E-state index in [1.807, 2.05) is 34.6 Å². The molecule has 4 aromatic carbocycles. The third kappa shape index (κ3) is 8.71. The summed E-state index contributed by atoms with van der Waals surface area (Å²) in [5, 5.41) is 5.86. The summed E-state index contributed by atoms with van der Waals surface area (Å²) >= 11 is 0. The quantitative estimate of drug-likeness (QED) is 0.0970. The van der Waals surface area contributed by atoms with Gasteiger partial charge in [-0.15, -0.1) is 0 Å². The van der Waals surface area contributed by atoms with Crippen molar-refractivity contribution in [2.75, 3.05) is 23.7 Å². The fourth-order valence-electron chi connectivity index (χ4n) is 6.74. The third-order valence-corrected chi connectivity index (χ3v) is 11.7. The maximum absolute atomic E-state index is 13.6. The number of fused-ring (bicyclic) bond motifs is 2. The molecule has 55 heavy (non-hydrogen) atoms. The summed E-state index contributed by atoms with van der Waals surface area (Å²) in [5.74, 6) is 0.317. The van der Waals surface area contributed by atoms with Crippen LogP contribution in [0.5, 0.6) is 11.5 Å². The summed E-state index contributed by atoms with van der Waals surface area (Å²) < 4.78 is 113. The number of urea groups is 1.